The first-order valence-electron chi connectivity index (χ1n) is 9.59. The minimum Gasteiger partial charge on any atom is -0.508 e. The van der Waals surface area contributed by atoms with Gasteiger partial charge in [-0.3, -0.25) is 4.79 Å². The van der Waals surface area contributed by atoms with Crippen molar-refractivity contribution in [2.45, 2.75) is 12.0 Å². The van der Waals surface area contributed by atoms with Crippen LogP contribution in [-0.4, -0.2) is 17.1 Å². The number of benzene rings is 3. The van der Waals surface area contributed by atoms with Gasteiger partial charge in [0.1, 0.15) is 22.9 Å². The van der Waals surface area contributed by atoms with Crippen LogP contribution in [0.25, 0.3) is 11.0 Å². The topological polar surface area (TPSA) is 88.8 Å². The van der Waals surface area contributed by atoms with Gasteiger partial charge in [-0.05, 0) is 42.0 Å². The van der Waals surface area contributed by atoms with E-state index in [1.807, 2.05) is 0 Å². The highest BCUT2D eigenvalue weighted by atomic mass is 19.1. The minimum absolute atomic E-state index is 0.00778. The lowest BCUT2D eigenvalue weighted by atomic mass is 9.88. The van der Waals surface area contributed by atoms with E-state index in [1.165, 1.54) is 30.3 Å². The van der Waals surface area contributed by atoms with Crippen molar-refractivity contribution in [2.24, 2.45) is 0 Å². The molecule has 31 heavy (non-hydrogen) atoms. The Morgan fingerprint density at radius 1 is 0.968 bits per heavy atom. The number of carbonyl (C=O) groups is 1. The monoisotopic (exact) mass is 417 g/mol. The predicted molar refractivity (Wildman–Crippen MR) is 112 cm³/mol. The molecule has 6 nitrogen and oxygen atoms in total. The van der Waals surface area contributed by atoms with Gasteiger partial charge in [0.25, 0.3) is 5.91 Å². The smallest absolute Gasteiger partial charge is 0.344 e. The quantitative estimate of drug-likeness (QED) is 0.489. The number of hydrogen-bond acceptors (Lipinski definition) is 5. The van der Waals surface area contributed by atoms with E-state index in [9.17, 15) is 19.1 Å². The largest absolute Gasteiger partial charge is 0.508 e. The van der Waals surface area contributed by atoms with Gasteiger partial charge in [-0.2, -0.15) is 0 Å². The summed E-state index contributed by atoms with van der Waals surface area (Å²) in [5.41, 5.74) is 0.512. The highest BCUT2D eigenvalue weighted by Crippen LogP contribution is 2.44. The first-order chi connectivity index (χ1) is 15.0. The molecule has 1 aliphatic rings. The van der Waals surface area contributed by atoms with Crippen molar-refractivity contribution in [3.8, 4) is 11.5 Å². The van der Waals surface area contributed by atoms with Crippen LogP contribution in [-0.2, 0) is 4.79 Å². The zero-order chi connectivity index (χ0) is 21.5. The minimum atomic E-state index is -1.15. The fourth-order valence-corrected chi connectivity index (χ4v) is 3.87. The normalized spacial score (nSPS) is 17.2. The predicted octanol–water partition coefficient (Wildman–Crippen LogP) is 4.17. The molecule has 2 atom stereocenters. The Kier molecular flexibility index (Phi) is 4.43. The van der Waals surface area contributed by atoms with Crippen LogP contribution in [0.2, 0.25) is 0 Å². The van der Waals surface area contributed by atoms with E-state index in [1.54, 1.807) is 42.5 Å². The molecular formula is C24H16FNO5. The summed E-state index contributed by atoms with van der Waals surface area (Å²) in [6.07, 6.45) is -1.15. The number of carbonyl (C=O) groups excluding carboxylic acids is 1. The summed E-state index contributed by atoms with van der Waals surface area (Å²) >= 11 is 0. The molecular weight excluding hydrogens is 401 g/mol. The molecule has 7 heteroatoms. The van der Waals surface area contributed by atoms with E-state index in [0.717, 1.165) is 0 Å². The number of ether oxygens (including phenoxy) is 1. The SMILES string of the molecule is O=C(Nc1ccccc1F)[C@@H]1Oc2c(c(=O)oc3ccccc23)[C@@H]1c1ccc(O)cc1. The summed E-state index contributed by atoms with van der Waals surface area (Å²) in [4.78, 5) is 26.0. The maximum absolute atomic E-state index is 14.1. The molecule has 0 fully saturated rings. The lowest BCUT2D eigenvalue weighted by molar-refractivity contribution is -0.122. The maximum Gasteiger partial charge on any atom is 0.344 e. The van der Waals surface area contributed by atoms with E-state index in [0.29, 0.717) is 16.5 Å². The molecule has 0 saturated heterocycles. The Morgan fingerprint density at radius 3 is 2.45 bits per heavy atom. The third-order valence-electron chi connectivity index (χ3n) is 5.30. The van der Waals surface area contributed by atoms with Gasteiger partial charge in [-0.15, -0.1) is 0 Å². The number of anilines is 1. The van der Waals surface area contributed by atoms with Crippen molar-refractivity contribution in [3.63, 3.8) is 0 Å². The van der Waals surface area contributed by atoms with Crippen molar-refractivity contribution in [2.75, 3.05) is 5.32 Å². The Morgan fingerprint density at radius 2 is 1.68 bits per heavy atom. The number of hydrogen-bond donors (Lipinski definition) is 2. The van der Waals surface area contributed by atoms with Crippen LogP contribution < -0.4 is 15.7 Å². The molecule has 4 aromatic rings. The van der Waals surface area contributed by atoms with Gasteiger partial charge in [0.15, 0.2) is 6.10 Å². The second-order valence-corrected chi connectivity index (χ2v) is 7.21. The number of phenolic OH excluding ortho intramolecular Hbond substituents is 1. The van der Waals surface area contributed by atoms with Gasteiger partial charge in [0.05, 0.1) is 22.6 Å². The number of halogens is 1. The Balaban J connectivity index is 1.65. The standard InChI is InChI=1S/C24H16FNO5/c25-16-6-2-3-7-17(16)26-23(28)22-19(13-9-11-14(27)12-10-13)20-21(31-22)15-5-1-4-8-18(15)30-24(20)29/h1-12,19,22,27H,(H,26,28)/t19-,22+/m0/s1. The number of fused-ring (bicyclic) bond motifs is 3. The average Bonchev–Trinajstić information content (AvgIpc) is 3.18. The molecule has 0 aliphatic carbocycles. The van der Waals surface area contributed by atoms with Crippen LogP contribution in [0.4, 0.5) is 10.1 Å². The molecule has 5 rings (SSSR count). The number of para-hydroxylation sites is 2. The van der Waals surface area contributed by atoms with Gasteiger partial charge in [0.2, 0.25) is 0 Å². The Labute approximate surface area is 175 Å². The fraction of sp³-hybridized carbons (Fsp3) is 0.0833. The second-order valence-electron chi connectivity index (χ2n) is 7.21. The molecule has 0 radical (unpaired) electrons. The van der Waals surface area contributed by atoms with Crippen molar-refractivity contribution in [1.29, 1.82) is 0 Å². The molecule has 1 amide bonds. The summed E-state index contributed by atoms with van der Waals surface area (Å²) < 4.78 is 25.6. The molecule has 1 aromatic heterocycles. The zero-order valence-electron chi connectivity index (χ0n) is 16.0. The van der Waals surface area contributed by atoms with Gasteiger partial charge in [-0.1, -0.05) is 36.4 Å². The van der Waals surface area contributed by atoms with E-state index < -0.39 is 29.4 Å². The molecule has 0 unspecified atom stereocenters. The highest BCUT2D eigenvalue weighted by Gasteiger charge is 2.44. The second kappa shape index (κ2) is 7.28. The van der Waals surface area contributed by atoms with Crippen molar-refractivity contribution < 1.29 is 23.4 Å². The Hall–Kier alpha value is -4.13. The van der Waals surface area contributed by atoms with E-state index >= 15 is 0 Å². The molecule has 3 aromatic carbocycles. The summed E-state index contributed by atoms with van der Waals surface area (Å²) in [6, 6.07) is 18.8. The lowest BCUT2D eigenvalue weighted by Crippen LogP contribution is -2.35. The first-order valence-corrected chi connectivity index (χ1v) is 9.59. The first kappa shape index (κ1) is 18.9. The molecule has 1 aliphatic heterocycles. The number of amides is 1. The van der Waals surface area contributed by atoms with E-state index in [2.05, 4.69) is 5.32 Å². The molecule has 0 saturated carbocycles. The number of aromatic hydroxyl groups is 1. The molecule has 0 spiro atoms. The van der Waals surface area contributed by atoms with E-state index in [4.69, 9.17) is 9.15 Å². The van der Waals surface area contributed by atoms with Crippen molar-refractivity contribution in [1.82, 2.24) is 0 Å². The van der Waals surface area contributed by atoms with Crippen LogP contribution in [0.3, 0.4) is 0 Å². The molecule has 2 heterocycles. The van der Waals surface area contributed by atoms with Gasteiger partial charge >= 0.3 is 5.63 Å². The highest BCUT2D eigenvalue weighted by molar-refractivity contribution is 5.97. The van der Waals surface area contributed by atoms with Crippen molar-refractivity contribution >= 4 is 22.6 Å². The lowest BCUT2D eigenvalue weighted by Gasteiger charge is -2.19. The Bertz CT molecular complexity index is 1360. The maximum atomic E-state index is 14.1. The number of rotatable bonds is 3. The molecule has 0 bridgehead atoms. The number of nitrogens with one attached hydrogen (secondary N) is 1. The average molecular weight is 417 g/mol. The summed E-state index contributed by atoms with van der Waals surface area (Å²) in [6.45, 7) is 0. The van der Waals surface area contributed by atoms with Crippen molar-refractivity contribution in [3.05, 3.63) is 100 Å². The van der Waals surface area contributed by atoms with Crippen LogP contribution in [0.1, 0.15) is 17.0 Å². The summed E-state index contributed by atoms with van der Waals surface area (Å²) in [7, 11) is 0. The van der Waals surface area contributed by atoms with Gasteiger partial charge in [0, 0.05) is 0 Å². The summed E-state index contributed by atoms with van der Waals surface area (Å²) in [5.74, 6) is -1.69. The fourth-order valence-electron chi connectivity index (χ4n) is 3.87. The van der Waals surface area contributed by atoms with Gasteiger partial charge < -0.3 is 19.6 Å². The third kappa shape index (κ3) is 3.20. The number of phenols is 1. The van der Waals surface area contributed by atoms with Gasteiger partial charge in [-0.25, -0.2) is 9.18 Å². The molecule has 154 valence electrons. The van der Waals surface area contributed by atoms with Crippen LogP contribution in [0.5, 0.6) is 11.5 Å². The van der Waals surface area contributed by atoms with E-state index in [-0.39, 0.29) is 22.7 Å². The zero-order valence-corrected chi connectivity index (χ0v) is 16.0. The van der Waals surface area contributed by atoms with Crippen LogP contribution in [0.15, 0.2) is 82.0 Å². The third-order valence-corrected chi connectivity index (χ3v) is 5.30. The summed E-state index contributed by atoms with van der Waals surface area (Å²) in [5, 5.41) is 12.8. The van der Waals surface area contributed by atoms with Crippen LogP contribution >= 0.6 is 0 Å². The van der Waals surface area contributed by atoms with Crippen LogP contribution in [0, 0.1) is 5.82 Å². The molecule has 2 N–H and O–H groups in total.